The highest BCUT2D eigenvalue weighted by Gasteiger charge is 2.03. The second-order valence-corrected chi connectivity index (χ2v) is 5.20. The zero-order chi connectivity index (χ0) is 14.1. The van der Waals surface area contributed by atoms with Crippen molar-refractivity contribution in [3.05, 3.63) is 36.0 Å². The van der Waals surface area contributed by atoms with Crippen molar-refractivity contribution in [3.63, 3.8) is 0 Å². The molecule has 1 aromatic rings. The lowest BCUT2D eigenvalue weighted by Crippen LogP contribution is -2.19. The molecule has 0 spiro atoms. The van der Waals surface area contributed by atoms with Gasteiger partial charge >= 0.3 is 0 Å². The zero-order valence-corrected chi connectivity index (χ0v) is 12.4. The Balaban J connectivity index is 2.42. The Morgan fingerprint density at radius 3 is 2.84 bits per heavy atom. The summed E-state index contributed by atoms with van der Waals surface area (Å²) >= 11 is 0. The predicted octanol–water partition coefficient (Wildman–Crippen LogP) is 3.48. The molecule has 0 bridgehead atoms. The van der Waals surface area contributed by atoms with Gasteiger partial charge in [0.15, 0.2) is 0 Å². The Labute approximate surface area is 117 Å². The van der Waals surface area contributed by atoms with Gasteiger partial charge in [-0.3, -0.25) is 0 Å². The zero-order valence-electron chi connectivity index (χ0n) is 12.4. The van der Waals surface area contributed by atoms with Gasteiger partial charge < -0.3 is 10.1 Å². The molecule has 3 nitrogen and oxygen atoms in total. The van der Waals surface area contributed by atoms with Crippen LogP contribution in [0.2, 0.25) is 0 Å². The van der Waals surface area contributed by atoms with Gasteiger partial charge in [0.1, 0.15) is 0 Å². The van der Waals surface area contributed by atoms with Crippen molar-refractivity contribution in [1.82, 2.24) is 10.3 Å². The molecule has 1 rings (SSSR count). The minimum atomic E-state index is 0.667. The highest BCUT2D eigenvalue weighted by atomic mass is 16.5. The maximum absolute atomic E-state index is 5.61. The van der Waals surface area contributed by atoms with E-state index in [1.54, 1.807) is 0 Å². The van der Waals surface area contributed by atoms with E-state index in [9.17, 15) is 0 Å². The monoisotopic (exact) mass is 262 g/mol. The summed E-state index contributed by atoms with van der Waals surface area (Å²) in [5.41, 5.74) is 2.27. The normalized spacial score (nSPS) is 10.7. The van der Waals surface area contributed by atoms with Gasteiger partial charge in [-0.2, -0.15) is 0 Å². The summed E-state index contributed by atoms with van der Waals surface area (Å²) in [5.74, 6) is 1.38. The standard InChI is InChI=1S/C16H26N2O/c1-5-6-7-10-19-16-9-8-15(14(4)18-16)12-17-11-13(2)3/h5,8-9,13,17H,1,6-7,10-12H2,2-4H3. The summed E-state index contributed by atoms with van der Waals surface area (Å²) in [6.45, 7) is 12.7. The fraction of sp³-hybridized carbons (Fsp3) is 0.562. The average Bonchev–Trinajstić information content (AvgIpc) is 2.37. The first kappa shape index (κ1) is 15.7. The van der Waals surface area contributed by atoms with Gasteiger partial charge in [-0.25, -0.2) is 4.98 Å². The highest BCUT2D eigenvalue weighted by molar-refractivity contribution is 5.24. The summed E-state index contributed by atoms with van der Waals surface area (Å²) in [6.07, 6.45) is 3.88. The number of allylic oxidation sites excluding steroid dienone is 1. The van der Waals surface area contributed by atoms with Gasteiger partial charge in [0.05, 0.1) is 6.61 Å². The summed E-state index contributed by atoms with van der Waals surface area (Å²) in [7, 11) is 0. The number of unbranched alkanes of at least 4 members (excludes halogenated alkanes) is 1. The minimum Gasteiger partial charge on any atom is -0.478 e. The van der Waals surface area contributed by atoms with Crippen molar-refractivity contribution in [2.24, 2.45) is 5.92 Å². The summed E-state index contributed by atoms with van der Waals surface area (Å²) in [6, 6.07) is 4.05. The molecular weight excluding hydrogens is 236 g/mol. The Kier molecular flexibility index (Phi) is 7.19. The van der Waals surface area contributed by atoms with E-state index < -0.39 is 0 Å². The Hall–Kier alpha value is -1.35. The lowest BCUT2D eigenvalue weighted by molar-refractivity contribution is 0.299. The third-order valence-corrected chi connectivity index (χ3v) is 2.84. The fourth-order valence-corrected chi connectivity index (χ4v) is 1.73. The molecule has 1 N–H and O–H groups in total. The molecular formula is C16H26N2O. The van der Waals surface area contributed by atoms with Crippen molar-refractivity contribution >= 4 is 0 Å². The second kappa shape index (κ2) is 8.70. The van der Waals surface area contributed by atoms with Crippen molar-refractivity contribution in [3.8, 4) is 5.88 Å². The van der Waals surface area contributed by atoms with E-state index in [1.807, 2.05) is 19.1 Å². The van der Waals surface area contributed by atoms with Crippen molar-refractivity contribution in [2.75, 3.05) is 13.2 Å². The number of aromatic nitrogens is 1. The van der Waals surface area contributed by atoms with Gasteiger partial charge in [-0.05, 0) is 37.8 Å². The van der Waals surface area contributed by atoms with Crippen LogP contribution in [0.5, 0.6) is 5.88 Å². The Morgan fingerprint density at radius 1 is 1.42 bits per heavy atom. The molecule has 1 heterocycles. The van der Waals surface area contributed by atoms with Crippen LogP contribution >= 0.6 is 0 Å². The van der Waals surface area contributed by atoms with Crippen LogP contribution < -0.4 is 10.1 Å². The first-order valence-corrected chi connectivity index (χ1v) is 7.04. The van der Waals surface area contributed by atoms with Crippen LogP contribution in [0.4, 0.5) is 0 Å². The van der Waals surface area contributed by atoms with E-state index in [1.165, 1.54) is 5.56 Å². The van der Waals surface area contributed by atoms with E-state index in [2.05, 4.69) is 36.8 Å². The quantitative estimate of drug-likeness (QED) is 0.546. The molecule has 0 fully saturated rings. The number of hydrogen-bond acceptors (Lipinski definition) is 3. The molecule has 0 aliphatic heterocycles. The minimum absolute atomic E-state index is 0.667. The molecule has 0 saturated heterocycles. The molecule has 0 aliphatic rings. The SMILES string of the molecule is C=CCCCOc1ccc(CNCC(C)C)c(C)n1. The lowest BCUT2D eigenvalue weighted by Gasteiger charge is -2.11. The molecule has 0 unspecified atom stereocenters. The molecule has 0 amide bonds. The van der Waals surface area contributed by atoms with Gasteiger partial charge in [-0.1, -0.05) is 26.0 Å². The Bertz CT molecular complexity index is 388. The highest BCUT2D eigenvalue weighted by Crippen LogP contribution is 2.13. The third kappa shape index (κ3) is 6.39. The summed E-state index contributed by atoms with van der Waals surface area (Å²) in [4.78, 5) is 4.48. The topological polar surface area (TPSA) is 34.1 Å². The van der Waals surface area contributed by atoms with Crippen molar-refractivity contribution in [1.29, 1.82) is 0 Å². The van der Waals surface area contributed by atoms with Crippen LogP contribution in [0.15, 0.2) is 24.8 Å². The second-order valence-electron chi connectivity index (χ2n) is 5.20. The summed E-state index contributed by atoms with van der Waals surface area (Å²) in [5, 5.41) is 3.43. The van der Waals surface area contributed by atoms with Gasteiger partial charge in [0, 0.05) is 18.3 Å². The van der Waals surface area contributed by atoms with Crippen LogP contribution in [0, 0.1) is 12.8 Å². The van der Waals surface area contributed by atoms with E-state index in [-0.39, 0.29) is 0 Å². The number of ether oxygens (including phenoxy) is 1. The maximum Gasteiger partial charge on any atom is 0.213 e. The van der Waals surface area contributed by atoms with Gasteiger partial charge in [0.2, 0.25) is 5.88 Å². The number of nitrogens with one attached hydrogen (secondary N) is 1. The number of pyridine rings is 1. The third-order valence-electron chi connectivity index (χ3n) is 2.84. The molecule has 19 heavy (non-hydrogen) atoms. The molecule has 106 valence electrons. The van der Waals surface area contributed by atoms with Crippen LogP contribution in [0.3, 0.4) is 0 Å². The molecule has 0 saturated carbocycles. The summed E-state index contributed by atoms with van der Waals surface area (Å²) < 4.78 is 5.61. The fourth-order valence-electron chi connectivity index (χ4n) is 1.73. The van der Waals surface area contributed by atoms with Crippen LogP contribution in [0.1, 0.15) is 37.9 Å². The van der Waals surface area contributed by atoms with Crippen LogP contribution in [0.25, 0.3) is 0 Å². The number of rotatable bonds is 9. The molecule has 0 atom stereocenters. The largest absolute Gasteiger partial charge is 0.478 e. The van der Waals surface area contributed by atoms with E-state index in [0.29, 0.717) is 18.4 Å². The van der Waals surface area contributed by atoms with E-state index in [0.717, 1.165) is 31.6 Å². The van der Waals surface area contributed by atoms with E-state index >= 15 is 0 Å². The molecule has 3 heteroatoms. The van der Waals surface area contributed by atoms with E-state index in [4.69, 9.17) is 4.74 Å². The van der Waals surface area contributed by atoms with Gasteiger partial charge in [0.25, 0.3) is 0 Å². The van der Waals surface area contributed by atoms with Gasteiger partial charge in [-0.15, -0.1) is 6.58 Å². The number of nitrogens with zero attached hydrogens (tertiary/aromatic N) is 1. The average molecular weight is 262 g/mol. The first-order chi connectivity index (χ1) is 9.13. The molecule has 0 aromatic carbocycles. The van der Waals surface area contributed by atoms with Crippen LogP contribution in [-0.4, -0.2) is 18.1 Å². The molecule has 0 aliphatic carbocycles. The number of hydrogen-bond donors (Lipinski definition) is 1. The molecule has 0 radical (unpaired) electrons. The predicted molar refractivity (Wildman–Crippen MR) is 80.4 cm³/mol. The lowest BCUT2D eigenvalue weighted by atomic mass is 10.2. The first-order valence-electron chi connectivity index (χ1n) is 7.04. The van der Waals surface area contributed by atoms with Crippen molar-refractivity contribution in [2.45, 2.75) is 40.2 Å². The van der Waals surface area contributed by atoms with Crippen LogP contribution in [-0.2, 0) is 6.54 Å². The maximum atomic E-state index is 5.61. The van der Waals surface area contributed by atoms with Crippen molar-refractivity contribution < 1.29 is 4.74 Å². The number of aryl methyl sites for hydroxylation is 1. The smallest absolute Gasteiger partial charge is 0.213 e. The Morgan fingerprint density at radius 2 is 2.21 bits per heavy atom. The molecule has 1 aromatic heterocycles.